The lowest BCUT2D eigenvalue weighted by atomic mass is 10.1. The van der Waals surface area contributed by atoms with E-state index in [0.29, 0.717) is 5.75 Å². The first-order valence-corrected chi connectivity index (χ1v) is 7.66. The molecule has 0 bridgehead atoms. The van der Waals surface area contributed by atoms with Crippen LogP contribution in [0.4, 0.5) is 0 Å². The summed E-state index contributed by atoms with van der Waals surface area (Å²) in [6, 6.07) is 16.1. The molecule has 0 aromatic heterocycles. The first-order chi connectivity index (χ1) is 9.31. The van der Waals surface area contributed by atoms with Gasteiger partial charge >= 0.3 is 0 Å². The standard InChI is InChI=1S/C17H20OS/c1-2-3-5-11-15-16(18)12-8-13-17(15)19-14-9-6-4-7-10-14/h4,6-10,12-13,18H,2-3,5,11H2,1H3. The molecule has 1 N–H and O–H groups in total. The monoisotopic (exact) mass is 272 g/mol. The summed E-state index contributed by atoms with van der Waals surface area (Å²) in [6.45, 7) is 2.20. The van der Waals surface area contributed by atoms with Crippen molar-refractivity contribution in [3.63, 3.8) is 0 Å². The molecule has 2 heteroatoms. The van der Waals surface area contributed by atoms with Crippen LogP contribution in [0, 0.1) is 0 Å². The number of unbranched alkanes of at least 4 members (excludes halogenated alkanes) is 2. The Kier molecular flexibility index (Phi) is 5.34. The van der Waals surface area contributed by atoms with Gasteiger partial charge in [0.25, 0.3) is 0 Å². The lowest BCUT2D eigenvalue weighted by molar-refractivity contribution is 0.464. The van der Waals surface area contributed by atoms with Crippen molar-refractivity contribution in [2.75, 3.05) is 0 Å². The number of rotatable bonds is 6. The SMILES string of the molecule is CCCCCc1c(O)cccc1Sc1ccccc1. The molecule has 100 valence electrons. The van der Waals surface area contributed by atoms with Crippen LogP contribution in [-0.2, 0) is 6.42 Å². The molecular weight excluding hydrogens is 252 g/mol. The molecule has 0 radical (unpaired) electrons. The molecule has 2 aromatic carbocycles. The molecule has 2 aromatic rings. The fourth-order valence-corrected chi connectivity index (χ4v) is 3.09. The molecule has 0 heterocycles. The van der Waals surface area contributed by atoms with Crippen LogP contribution >= 0.6 is 11.8 Å². The van der Waals surface area contributed by atoms with Crippen LogP contribution in [0.25, 0.3) is 0 Å². The Morgan fingerprint density at radius 3 is 2.47 bits per heavy atom. The predicted octanol–water partition coefficient (Wildman–Crippen LogP) is 5.28. The Balaban J connectivity index is 2.17. The van der Waals surface area contributed by atoms with Crippen LogP contribution in [0.15, 0.2) is 58.3 Å². The third-order valence-corrected chi connectivity index (χ3v) is 4.22. The molecule has 0 saturated carbocycles. The molecule has 0 spiro atoms. The first kappa shape index (κ1) is 14.0. The van der Waals surface area contributed by atoms with E-state index in [1.165, 1.54) is 22.6 Å². The number of hydrogen-bond acceptors (Lipinski definition) is 2. The van der Waals surface area contributed by atoms with Crippen molar-refractivity contribution in [1.29, 1.82) is 0 Å². The van der Waals surface area contributed by atoms with Gasteiger partial charge in [-0.2, -0.15) is 0 Å². The van der Waals surface area contributed by atoms with Crippen LogP contribution in [0.3, 0.4) is 0 Å². The number of aromatic hydroxyl groups is 1. The second-order valence-corrected chi connectivity index (χ2v) is 5.74. The Labute approximate surface area is 119 Å². The summed E-state index contributed by atoms with van der Waals surface area (Å²) in [6.07, 6.45) is 4.50. The predicted molar refractivity (Wildman–Crippen MR) is 81.9 cm³/mol. The zero-order valence-electron chi connectivity index (χ0n) is 11.3. The summed E-state index contributed by atoms with van der Waals surface area (Å²) < 4.78 is 0. The van der Waals surface area contributed by atoms with Crippen molar-refractivity contribution < 1.29 is 5.11 Å². The van der Waals surface area contributed by atoms with E-state index in [1.54, 1.807) is 17.8 Å². The number of hydrogen-bond donors (Lipinski definition) is 1. The minimum atomic E-state index is 0.428. The molecule has 0 aliphatic rings. The van der Waals surface area contributed by atoms with Gasteiger partial charge in [-0.3, -0.25) is 0 Å². The van der Waals surface area contributed by atoms with E-state index in [2.05, 4.69) is 25.1 Å². The van der Waals surface area contributed by atoms with Gasteiger partial charge in [-0.15, -0.1) is 0 Å². The van der Waals surface area contributed by atoms with E-state index in [4.69, 9.17) is 0 Å². The molecule has 0 amide bonds. The number of phenolic OH excluding ortho intramolecular Hbond substituents is 1. The lowest BCUT2D eigenvalue weighted by Crippen LogP contribution is -1.90. The van der Waals surface area contributed by atoms with Crippen LogP contribution in [-0.4, -0.2) is 5.11 Å². The van der Waals surface area contributed by atoms with Crippen molar-refractivity contribution in [3.05, 3.63) is 54.1 Å². The van der Waals surface area contributed by atoms with Gasteiger partial charge in [0.15, 0.2) is 0 Å². The van der Waals surface area contributed by atoms with Gasteiger partial charge in [0.05, 0.1) is 0 Å². The van der Waals surface area contributed by atoms with E-state index in [0.717, 1.165) is 18.4 Å². The summed E-state index contributed by atoms with van der Waals surface area (Å²) in [4.78, 5) is 2.38. The number of benzene rings is 2. The largest absolute Gasteiger partial charge is 0.508 e. The second-order valence-electron chi connectivity index (χ2n) is 4.63. The van der Waals surface area contributed by atoms with Gasteiger partial charge in [-0.25, -0.2) is 0 Å². The van der Waals surface area contributed by atoms with Crippen LogP contribution in [0.1, 0.15) is 31.7 Å². The maximum Gasteiger partial charge on any atom is 0.119 e. The maximum atomic E-state index is 10.1. The Bertz CT molecular complexity index is 508. The minimum Gasteiger partial charge on any atom is -0.508 e. The molecule has 0 aliphatic carbocycles. The molecule has 0 saturated heterocycles. The topological polar surface area (TPSA) is 20.2 Å². The Morgan fingerprint density at radius 2 is 1.74 bits per heavy atom. The average Bonchev–Trinajstić information content (AvgIpc) is 2.43. The molecule has 19 heavy (non-hydrogen) atoms. The zero-order chi connectivity index (χ0) is 13.5. The molecule has 0 fully saturated rings. The number of phenols is 1. The zero-order valence-corrected chi connectivity index (χ0v) is 12.1. The summed E-state index contributed by atoms with van der Waals surface area (Å²) >= 11 is 1.73. The van der Waals surface area contributed by atoms with Gasteiger partial charge < -0.3 is 5.11 Å². The van der Waals surface area contributed by atoms with E-state index >= 15 is 0 Å². The first-order valence-electron chi connectivity index (χ1n) is 6.85. The Morgan fingerprint density at radius 1 is 0.947 bits per heavy atom. The van der Waals surface area contributed by atoms with Crippen molar-refractivity contribution in [1.82, 2.24) is 0 Å². The van der Waals surface area contributed by atoms with Crippen LogP contribution < -0.4 is 0 Å². The fraction of sp³-hybridized carbons (Fsp3) is 0.294. The molecule has 0 unspecified atom stereocenters. The van der Waals surface area contributed by atoms with E-state index < -0.39 is 0 Å². The van der Waals surface area contributed by atoms with Crippen molar-refractivity contribution in [3.8, 4) is 5.75 Å². The van der Waals surface area contributed by atoms with Gasteiger partial charge in [-0.05, 0) is 37.1 Å². The van der Waals surface area contributed by atoms with Crippen LogP contribution in [0.2, 0.25) is 0 Å². The maximum absolute atomic E-state index is 10.1. The third kappa shape index (κ3) is 4.03. The van der Waals surface area contributed by atoms with Crippen molar-refractivity contribution in [2.24, 2.45) is 0 Å². The molecule has 0 aliphatic heterocycles. The highest BCUT2D eigenvalue weighted by Crippen LogP contribution is 2.35. The summed E-state index contributed by atoms with van der Waals surface area (Å²) in [5.74, 6) is 0.428. The van der Waals surface area contributed by atoms with Crippen LogP contribution in [0.5, 0.6) is 5.75 Å². The summed E-state index contributed by atoms with van der Waals surface area (Å²) in [5, 5.41) is 10.1. The highest BCUT2D eigenvalue weighted by atomic mass is 32.2. The summed E-state index contributed by atoms with van der Waals surface area (Å²) in [5.41, 5.74) is 1.09. The highest BCUT2D eigenvalue weighted by molar-refractivity contribution is 7.99. The van der Waals surface area contributed by atoms with Crippen molar-refractivity contribution >= 4 is 11.8 Å². The molecule has 1 nitrogen and oxygen atoms in total. The fourth-order valence-electron chi connectivity index (χ4n) is 2.07. The highest BCUT2D eigenvalue weighted by Gasteiger charge is 2.08. The minimum absolute atomic E-state index is 0.428. The van der Waals surface area contributed by atoms with Crippen molar-refractivity contribution in [2.45, 2.75) is 42.4 Å². The summed E-state index contributed by atoms with van der Waals surface area (Å²) in [7, 11) is 0. The van der Waals surface area contributed by atoms with Gasteiger partial charge in [0.1, 0.15) is 5.75 Å². The smallest absolute Gasteiger partial charge is 0.119 e. The quantitative estimate of drug-likeness (QED) is 0.722. The lowest BCUT2D eigenvalue weighted by Gasteiger charge is -2.11. The van der Waals surface area contributed by atoms with E-state index in [9.17, 15) is 5.11 Å². The average molecular weight is 272 g/mol. The van der Waals surface area contributed by atoms with E-state index in [1.807, 2.05) is 24.3 Å². The second kappa shape index (κ2) is 7.25. The van der Waals surface area contributed by atoms with Gasteiger partial charge in [0, 0.05) is 15.4 Å². The molecule has 2 rings (SSSR count). The van der Waals surface area contributed by atoms with E-state index in [-0.39, 0.29) is 0 Å². The third-order valence-electron chi connectivity index (χ3n) is 3.11. The molecule has 0 atom stereocenters. The van der Waals surface area contributed by atoms with Gasteiger partial charge in [0.2, 0.25) is 0 Å². The Hall–Kier alpha value is -1.41. The van der Waals surface area contributed by atoms with Gasteiger partial charge in [-0.1, -0.05) is 55.8 Å². The normalized spacial score (nSPS) is 10.6. The molecular formula is C17H20OS.